The van der Waals surface area contributed by atoms with Gasteiger partial charge in [-0.15, -0.1) is 11.3 Å². The first kappa shape index (κ1) is 14.7. The molecular formula is C15H12FN3OS2. The summed E-state index contributed by atoms with van der Waals surface area (Å²) in [7, 11) is 0. The van der Waals surface area contributed by atoms with Crippen LogP contribution in [-0.2, 0) is 6.54 Å². The Labute approximate surface area is 136 Å². The van der Waals surface area contributed by atoms with Crippen molar-refractivity contribution in [2.45, 2.75) is 6.54 Å². The second-order valence-electron chi connectivity index (χ2n) is 4.41. The molecular weight excluding hydrogens is 321 g/mol. The van der Waals surface area contributed by atoms with Gasteiger partial charge in [-0.2, -0.15) is 0 Å². The van der Waals surface area contributed by atoms with Crippen LogP contribution in [0, 0.1) is 5.82 Å². The highest BCUT2D eigenvalue weighted by molar-refractivity contribution is 7.80. The van der Waals surface area contributed by atoms with Gasteiger partial charge in [0.25, 0.3) is 0 Å². The lowest BCUT2D eigenvalue weighted by atomic mass is 10.3. The molecule has 0 bridgehead atoms. The van der Waals surface area contributed by atoms with E-state index in [9.17, 15) is 4.39 Å². The number of nitrogens with zero attached hydrogens (tertiary/aromatic N) is 1. The number of oxazole rings is 1. The molecule has 0 amide bonds. The molecule has 0 atom stereocenters. The van der Waals surface area contributed by atoms with Crippen molar-refractivity contribution < 1.29 is 8.81 Å². The standard InChI is InChI=1S/C15H12FN3OS2/c16-11-4-1-2-5-12(11)19-15(21)17-8-10-9-20-14(18-10)13-6-3-7-22-13/h1-7,9H,8H2,(H2,17,19,21). The molecule has 0 saturated carbocycles. The predicted octanol–water partition coefficient (Wildman–Crippen LogP) is 4.03. The lowest BCUT2D eigenvalue weighted by Crippen LogP contribution is -2.28. The summed E-state index contributed by atoms with van der Waals surface area (Å²) in [6.07, 6.45) is 1.58. The van der Waals surface area contributed by atoms with Crippen molar-refractivity contribution >= 4 is 34.4 Å². The van der Waals surface area contributed by atoms with E-state index in [-0.39, 0.29) is 5.82 Å². The second kappa shape index (κ2) is 6.67. The summed E-state index contributed by atoms with van der Waals surface area (Å²) >= 11 is 6.70. The van der Waals surface area contributed by atoms with Gasteiger partial charge in [-0.1, -0.05) is 18.2 Å². The van der Waals surface area contributed by atoms with E-state index in [1.807, 2.05) is 17.5 Å². The number of hydrogen-bond donors (Lipinski definition) is 2. The molecule has 0 spiro atoms. The van der Waals surface area contributed by atoms with E-state index >= 15 is 0 Å². The average molecular weight is 333 g/mol. The van der Waals surface area contributed by atoms with Gasteiger partial charge in [-0.25, -0.2) is 9.37 Å². The SMILES string of the molecule is Fc1ccccc1NC(=S)NCc1coc(-c2cccs2)n1. The molecule has 0 aliphatic carbocycles. The van der Waals surface area contributed by atoms with Gasteiger partial charge in [0.05, 0.1) is 22.8 Å². The van der Waals surface area contributed by atoms with Crippen molar-refractivity contribution in [3.8, 4) is 10.8 Å². The largest absolute Gasteiger partial charge is 0.443 e. The van der Waals surface area contributed by atoms with E-state index in [4.69, 9.17) is 16.6 Å². The van der Waals surface area contributed by atoms with Crippen molar-refractivity contribution in [3.63, 3.8) is 0 Å². The third-order valence-electron chi connectivity index (χ3n) is 2.84. The molecule has 0 unspecified atom stereocenters. The van der Waals surface area contributed by atoms with Gasteiger partial charge in [0, 0.05) is 0 Å². The first-order chi connectivity index (χ1) is 10.7. The quantitative estimate of drug-likeness (QED) is 0.706. The molecule has 0 saturated heterocycles. The van der Waals surface area contributed by atoms with Crippen molar-refractivity contribution in [2.24, 2.45) is 0 Å². The molecule has 0 aliphatic rings. The van der Waals surface area contributed by atoms with Crippen LogP contribution in [0.3, 0.4) is 0 Å². The Morgan fingerprint density at radius 3 is 2.91 bits per heavy atom. The van der Waals surface area contributed by atoms with Gasteiger partial charge in [0.1, 0.15) is 12.1 Å². The second-order valence-corrected chi connectivity index (χ2v) is 5.76. The maximum Gasteiger partial charge on any atom is 0.236 e. The molecule has 22 heavy (non-hydrogen) atoms. The fourth-order valence-electron chi connectivity index (χ4n) is 1.80. The molecule has 2 heterocycles. The fourth-order valence-corrected chi connectivity index (χ4v) is 2.64. The molecule has 112 valence electrons. The Balaban J connectivity index is 1.56. The van der Waals surface area contributed by atoms with Crippen LogP contribution in [0.4, 0.5) is 10.1 Å². The summed E-state index contributed by atoms with van der Waals surface area (Å²) in [5.74, 6) is 0.229. The molecule has 7 heteroatoms. The van der Waals surface area contributed by atoms with Gasteiger partial charge in [0.15, 0.2) is 5.11 Å². The monoisotopic (exact) mass is 333 g/mol. The van der Waals surface area contributed by atoms with Crippen LogP contribution in [0.25, 0.3) is 10.8 Å². The molecule has 2 aromatic heterocycles. The Morgan fingerprint density at radius 1 is 1.27 bits per heavy atom. The van der Waals surface area contributed by atoms with Crippen LogP contribution in [0.1, 0.15) is 5.69 Å². The highest BCUT2D eigenvalue weighted by Gasteiger charge is 2.08. The van der Waals surface area contributed by atoms with Gasteiger partial charge in [-0.3, -0.25) is 0 Å². The van der Waals surface area contributed by atoms with Crippen LogP contribution in [-0.4, -0.2) is 10.1 Å². The molecule has 0 radical (unpaired) electrons. The van der Waals surface area contributed by atoms with Gasteiger partial charge in [-0.05, 0) is 35.8 Å². The number of anilines is 1. The molecule has 3 aromatic rings. The zero-order chi connectivity index (χ0) is 15.4. The first-order valence-corrected chi connectivity index (χ1v) is 7.79. The third kappa shape index (κ3) is 3.49. The number of halogens is 1. The minimum Gasteiger partial charge on any atom is -0.443 e. The first-order valence-electron chi connectivity index (χ1n) is 6.50. The van der Waals surface area contributed by atoms with E-state index in [1.54, 1.807) is 35.8 Å². The lowest BCUT2D eigenvalue weighted by molar-refractivity contribution is 0.573. The van der Waals surface area contributed by atoms with E-state index < -0.39 is 0 Å². The summed E-state index contributed by atoms with van der Waals surface area (Å²) in [6, 6.07) is 10.2. The summed E-state index contributed by atoms with van der Waals surface area (Å²) < 4.78 is 18.9. The minimum atomic E-state index is -0.354. The fraction of sp³-hybridized carbons (Fsp3) is 0.0667. The molecule has 0 fully saturated rings. The van der Waals surface area contributed by atoms with E-state index in [2.05, 4.69) is 15.6 Å². The number of hydrogen-bond acceptors (Lipinski definition) is 4. The van der Waals surface area contributed by atoms with Crippen LogP contribution >= 0.6 is 23.6 Å². The number of rotatable bonds is 4. The molecule has 3 rings (SSSR count). The number of thiophene rings is 1. The van der Waals surface area contributed by atoms with Crippen LogP contribution < -0.4 is 10.6 Å². The molecule has 0 aliphatic heterocycles. The van der Waals surface area contributed by atoms with Crippen LogP contribution in [0.15, 0.2) is 52.5 Å². The van der Waals surface area contributed by atoms with Gasteiger partial charge >= 0.3 is 0 Å². The zero-order valence-electron chi connectivity index (χ0n) is 11.4. The summed E-state index contributed by atoms with van der Waals surface area (Å²) in [4.78, 5) is 5.34. The Hall–Kier alpha value is -2.25. The maximum absolute atomic E-state index is 13.5. The number of thiocarbonyl (C=S) groups is 1. The van der Waals surface area contributed by atoms with Crippen molar-refractivity contribution in [1.82, 2.24) is 10.3 Å². The smallest absolute Gasteiger partial charge is 0.236 e. The lowest BCUT2D eigenvalue weighted by Gasteiger charge is -2.09. The average Bonchev–Trinajstić information content (AvgIpc) is 3.18. The Kier molecular flexibility index (Phi) is 4.45. The Bertz CT molecular complexity index is 771. The number of nitrogens with one attached hydrogen (secondary N) is 2. The zero-order valence-corrected chi connectivity index (χ0v) is 13.0. The van der Waals surface area contributed by atoms with Crippen LogP contribution in [0.5, 0.6) is 0 Å². The topological polar surface area (TPSA) is 50.1 Å². The van der Waals surface area contributed by atoms with Crippen molar-refractivity contribution in [3.05, 3.63) is 59.6 Å². The van der Waals surface area contributed by atoms with Gasteiger partial charge < -0.3 is 15.1 Å². The van der Waals surface area contributed by atoms with Crippen molar-refractivity contribution in [1.29, 1.82) is 0 Å². The molecule has 2 N–H and O–H groups in total. The highest BCUT2D eigenvalue weighted by Crippen LogP contribution is 2.23. The van der Waals surface area contributed by atoms with E-state index in [0.29, 0.717) is 23.2 Å². The highest BCUT2D eigenvalue weighted by atomic mass is 32.1. The summed E-state index contributed by atoms with van der Waals surface area (Å²) in [6.45, 7) is 0.398. The van der Waals surface area contributed by atoms with Crippen LogP contribution in [0.2, 0.25) is 0 Å². The number of aromatic nitrogens is 1. The van der Waals surface area contributed by atoms with E-state index in [0.717, 1.165) is 10.6 Å². The maximum atomic E-state index is 13.5. The Morgan fingerprint density at radius 2 is 2.14 bits per heavy atom. The summed E-state index contributed by atoms with van der Waals surface area (Å²) in [5.41, 5.74) is 1.06. The number of para-hydroxylation sites is 1. The molecule has 4 nitrogen and oxygen atoms in total. The molecule has 1 aromatic carbocycles. The number of benzene rings is 1. The van der Waals surface area contributed by atoms with Crippen molar-refractivity contribution in [2.75, 3.05) is 5.32 Å². The minimum absolute atomic E-state index is 0.325. The normalized spacial score (nSPS) is 10.4. The summed E-state index contributed by atoms with van der Waals surface area (Å²) in [5, 5.41) is 8.06. The van der Waals surface area contributed by atoms with Gasteiger partial charge in [0.2, 0.25) is 5.89 Å². The predicted molar refractivity (Wildman–Crippen MR) is 89.3 cm³/mol. The third-order valence-corrected chi connectivity index (χ3v) is 3.94. The van der Waals surface area contributed by atoms with E-state index in [1.165, 1.54) is 6.07 Å².